The summed E-state index contributed by atoms with van der Waals surface area (Å²) in [5.41, 5.74) is 0.858. The van der Waals surface area contributed by atoms with E-state index in [1.165, 1.54) is 0 Å². The third-order valence-corrected chi connectivity index (χ3v) is 1.72. The first-order valence-electron chi connectivity index (χ1n) is 3.65. The van der Waals surface area contributed by atoms with Gasteiger partial charge in [-0.05, 0) is 18.2 Å². The maximum atomic E-state index is 5.05. The lowest BCUT2D eigenvalue weighted by molar-refractivity contribution is 0.415. The SMILES string of the molecule is COc1ccc2ccnnc2c1. The van der Waals surface area contributed by atoms with Crippen LogP contribution < -0.4 is 4.74 Å². The fourth-order valence-corrected chi connectivity index (χ4v) is 1.09. The number of benzene rings is 1. The molecule has 0 aliphatic heterocycles. The van der Waals surface area contributed by atoms with E-state index in [9.17, 15) is 0 Å². The zero-order valence-corrected chi connectivity index (χ0v) is 6.69. The van der Waals surface area contributed by atoms with Gasteiger partial charge in [-0.15, -0.1) is 0 Å². The summed E-state index contributed by atoms with van der Waals surface area (Å²) in [5.74, 6) is 0.808. The van der Waals surface area contributed by atoms with Crippen LogP contribution in [0.1, 0.15) is 0 Å². The molecule has 2 aromatic rings. The van der Waals surface area contributed by atoms with E-state index in [1.54, 1.807) is 13.3 Å². The summed E-state index contributed by atoms with van der Waals surface area (Å²) < 4.78 is 5.05. The molecule has 0 aliphatic rings. The molecule has 0 radical (unpaired) electrons. The first kappa shape index (κ1) is 7.03. The van der Waals surface area contributed by atoms with Crippen LogP contribution in [0.3, 0.4) is 0 Å². The topological polar surface area (TPSA) is 35.0 Å². The van der Waals surface area contributed by atoms with Crippen molar-refractivity contribution in [2.45, 2.75) is 0 Å². The van der Waals surface area contributed by atoms with E-state index in [4.69, 9.17) is 4.74 Å². The Kier molecular flexibility index (Phi) is 1.63. The summed E-state index contributed by atoms with van der Waals surface area (Å²) in [6.45, 7) is 0. The van der Waals surface area contributed by atoms with E-state index in [1.807, 2.05) is 24.3 Å². The zero-order valence-electron chi connectivity index (χ0n) is 6.69. The molecule has 0 saturated heterocycles. The van der Waals surface area contributed by atoms with Gasteiger partial charge in [0.1, 0.15) is 5.75 Å². The highest BCUT2D eigenvalue weighted by Gasteiger charge is 1.95. The molecule has 0 amide bonds. The number of fused-ring (bicyclic) bond motifs is 1. The number of ether oxygens (including phenoxy) is 1. The Balaban J connectivity index is 2.67. The van der Waals surface area contributed by atoms with Crippen molar-refractivity contribution in [1.82, 2.24) is 10.2 Å². The highest BCUT2D eigenvalue weighted by Crippen LogP contribution is 2.17. The second kappa shape index (κ2) is 2.77. The average Bonchev–Trinajstić information content (AvgIpc) is 2.17. The largest absolute Gasteiger partial charge is 0.497 e. The molecule has 3 heteroatoms. The van der Waals surface area contributed by atoms with E-state index in [2.05, 4.69) is 10.2 Å². The van der Waals surface area contributed by atoms with Gasteiger partial charge in [0.25, 0.3) is 0 Å². The van der Waals surface area contributed by atoms with Gasteiger partial charge in [-0.25, -0.2) is 0 Å². The van der Waals surface area contributed by atoms with Gasteiger partial charge in [0, 0.05) is 11.5 Å². The third-order valence-electron chi connectivity index (χ3n) is 1.72. The Morgan fingerprint density at radius 1 is 1.25 bits per heavy atom. The molecular formula is C9H8N2O. The average molecular weight is 160 g/mol. The quantitative estimate of drug-likeness (QED) is 0.636. The van der Waals surface area contributed by atoms with Crippen molar-refractivity contribution in [2.24, 2.45) is 0 Å². The van der Waals surface area contributed by atoms with Crippen LogP contribution in [-0.2, 0) is 0 Å². The van der Waals surface area contributed by atoms with E-state index >= 15 is 0 Å². The van der Waals surface area contributed by atoms with Gasteiger partial charge in [0.2, 0.25) is 0 Å². The van der Waals surface area contributed by atoms with Crippen molar-refractivity contribution < 1.29 is 4.74 Å². The summed E-state index contributed by atoms with van der Waals surface area (Å²) in [6, 6.07) is 7.65. The van der Waals surface area contributed by atoms with Gasteiger partial charge in [0.05, 0.1) is 18.8 Å². The van der Waals surface area contributed by atoms with Crippen molar-refractivity contribution in [2.75, 3.05) is 7.11 Å². The highest BCUT2D eigenvalue weighted by atomic mass is 16.5. The zero-order chi connectivity index (χ0) is 8.39. The van der Waals surface area contributed by atoms with Crippen LogP contribution in [-0.4, -0.2) is 17.3 Å². The van der Waals surface area contributed by atoms with E-state index in [0.717, 1.165) is 16.7 Å². The maximum Gasteiger partial charge on any atom is 0.121 e. The lowest BCUT2D eigenvalue weighted by Crippen LogP contribution is -1.85. The number of methoxy groups -OCH3 is 1. The van der Waals surface area contributed by atoms with Crippen molar-refractivity contribution in [1.29, 1.82) is 0 Å². The van der Waals surface area contributed by atoms with Crippen LogP contribution >= 0.6 is 0 Å². The lowest BCUT2D eigenvalue weighted by atomic mass is 10.2. The molecule has 0 N–H and O–H groups in total. The van der Waals surface area contributed by atoms with Gasteiger partial charge in [-0.2, -0.15) is 10.2 Å². The molecule has 0 bridgehead atoms. The molecule has 0 fully saturated rings. The van der Waals surface area contributed by atoms with E-state index < -0.39 is 0 Å². The first-order chi connectivity index (χ1) is 5.90. The normalized spacial score (nSPS) is 10.1. The minimum atomic E-state index is 0.808. The van der Waals surface area contributed by atoms with Crippen LogP contribution in [0.5, 0.6) is 5.75 Å². The number of aromatic nitrogens is 2. The van der Waals surface area contributed by atoms with Crippen LogP contribution in [0, 0.1) is 0 Å². The highest BCUT2D eigenvalue weighted by molar-refractivity contribution is 5.79. The molecule has 1 aromatic heterocycles. The minimum absolute atomic E-state index is 0.808. The Morgan fingerprint density at radius 3 is 3.00 bits per heavy atom. The first-order valence-corrected chi connectivity index (χ1v) is 3.65. The number of rotatable bonds is 1. The van der Waals surface area contributed by atoms with Crippen LogP contribution in [0.2, 0.25) is 0 Å². The molecule has 12 heavy (non-hydrogen) atoms. The summed E-state index contributed by atoms with van der Waals surface area (Å²) in [5, 5.41) is 8.82. The van der Waals surface area contributed by atoms with E-state index in [0.29, 0.717) is 0 Å². The number of hydrogen-bond acceptors (Lipinski definition) is 3. The summed E-state index contributed by atoms with van der Waals surface area (Å²) >= 11 is 0. The van der Waals surface area contributed by atoms with Crippen molar-refractivity contribution in [3.05, 3.63) is 30.5 Å². The van der Waals surface area contributed by atoms with Gasteiger partial charge in [-0.3, -0.25) is 0 Å². The Labute approximate surface area is 70.0 Å². The summed E-state index contributed by atoms with van der Waals surface area (Å²) in [4.78, 5) is 0. The van der Waals surface area contributed by atoms with Crippen molar-refractivity contribution in [3.8, 4) is 5.75 Å². The Bertz CT molecular complexity index is 400. The van der Waals surface area contributed by atoms with Crippen molar-refractivity contribution in [3.63, 3.8) is 0 Å². The maximum absolute atomic E-state index is 5.05. The predicted octanol–water partition coefficient (Wildman–Crippen LogP) is 1.64. The number of nitrogens with zero attached hydrogens (tertiary/aromatic N) is 2. The van der Waals surface area contributed by atoms with Crippen LogP contribution in [0.4, 0.5) is 0 Å². The second-order valence-corrected chi connectivity index (χ2v) is 2.46. The molecule has 0 aliphatic carbocycles. The monoisotopic (exact) mass is 160 g/mol. The molecule has 0 atom stereocenters. The Morgan fingerprint density at radius 2 is 2.17 bits per heavy atom. The molecule has 1 aromatic carbocycles. The number of hydrogen-bond donors (Lipinski definition) is 0. The predicted molar refractivity (Wildman–Crippen MR) is 46.1 cm³/mol. The van der Waals surface area contributed by atoms with E-state index in [-0.39, 0.29) is 0 Å². The Hall–Kier alpha value is -1.64. The molecule has 60 valence electrons. The lowest BCUT2D eigenvalue weighted by Gasteiger charge is -1.99. The molecule has 1 heterocycles. The van der Waals surface area contributed by atoms with Crippen molar-refractivity contribution >= 4 is 10.9 Å². The fourth-order valence-electron chi connectivity index (χ4n) is 1.09. The fraction of sp³-hybridized carbons (Fsp3) is 0.111. The second-order valence-electron chi connectivity index (χ2n) is 2.46. The van der Waals surface area contributed by atoms with Gasteiger partial charge in [0.15, 0.2) is 0 Å². The molecule has 0 unspecified atom stereocenters. The van der Waals surface area contributed by atoms with Gasteiger partial charge in [-0.1, -0.05) is 0 Å². The molecule has 2 rings (SSSR count). The summed E-state index contributed by atoms with van der Waals surface area (Å²) in [6.07, 6.45) is 1.68. The molecule has 3 nitrogen and oxygen atoms in total. The minimum Gasteiger partial charge on any atom is -0.497 e. The molecule has 0 spiro atoms. The van der Waals surface area contributed by atoms with Gasteiger partial charge < -0.3 is 4.74 Å². The third kappa shape index (κ3) is 1.09. The summed E-state index contributed by atoms with van der Waals surface area (Å²) in [7, 11) is 1.64. The molecule has 0 saturated carbocycles. The van der Waals surface area contributed by atoms with Gasteiger partial charge >= 0.3 is 0 Å². The van der Waals surface area contributed by atoms with Crippen LogP contribution in [0.25, 0.3) is 10.9 Å². The molecular weight excluding hydrogens is 152 g/mol. The standard InChI is InChI=1S/C9H8N2O/c1-12-8-3-2-7-4-5-10-11-9(7)6-8/h2-6H,1H3. The van der Waals surface area contributed by atoms with Crippen LogP contribution in [0.15, 0.2) is 30.5 Å². The smallest absolute Gasteiger partial charge is 0.121 e.